The van der Waals surface area contributed by atoms with Crippen LogP contribution in [0.25, 0.3) is 6.08 Å². The van der Waals surface area contributed by atoms with Gasteiger partial charge in [-0.05, 0) is 42.0 Å². The van der Waals surface area contributed by atoms with Crippen molar-refractivity contribution >= 4 is 23.6 Å². The van der Waals surface area contributed by atoms with Crippen molar-refractivity contribution in [3.8, 4) is 17.6 Å². The van der Waals surface area contributed by atoms with Gasteiger partial charge in [-0.1, -0.05) is 48.5 Å². The van der Waals surface area contributed by atoms with Crippen LogP contribution in [-0.2, 0) is 16.1 Å². The maximum absolute atomic E-state index is 12.5. The van der Waals surface area contributed by atoms with Gasteiger partial charge in [0.1, 0.15) is 23.1 Å². The molecule has 0 aliphatic rings. The Morgan fingerprint density at radius 2 is 1.67 bits per heavy atom. The third-order valence-corrected chi connectivity index (χ3v) is 4.61. The number of carbonyl (C=O) groups is 2. The van der Waals surface area contributed by atoms with E-state index in [0.717, 1.165) is 5.56 Å². The average molecular weight is 441 g/mol. The number of nitriles is 1. The summed E-state index contributed by atoms with van der Waals surface area (Å²) < 4.78 is 10.7. The van der Waals surface area contributed by atoms with Crippen molar-refractivity contribution in [3.63, 3.8) is 0 Å². The first-order chi connectivity index (χ1) is 16.1. The largest absolute Gasteiger partial charge is 0.497 e. The van der Waals surface area contributed by atoms with Crippen LogP contribution in [0, 0.1) is 11.3 Å². The number of nitrogens with one attached hydrogen (secondary N) is 2. The number of carbonyl (C=O) groups excluding carboxylic acids is 2. The molecular weight excluding hydrogens is 418 g/mol. The van der Waals surface area contributed by atoms with Gasteiger partial charge in [-0.3, -0.25) is 9.59 Å². The van der Waals surface area contributed by atoms with Gasteiger partial charge in [-0.2, -0.15) is 5.26 Å². The Bertz CT molecular complexity index is 1170. The molecule has 166 valence electrons. The Morgan fingerprint density at radius 1 is 0.970 bits per heavy atom. The van der Waals surface area contributed by atoms with Crippen LogP contribution in [0.15, 0.2) is 84.4 Å². The Hall–Kier alpha value is -4.57. The van der Waals surface area contributed by atoms with Crippen LogP contribution in [0.4, 0.5) is 5.69 Å². The number of methoxy groups -OCH3 is 1. The van der Waals surface area contributed by atoms with E-state index in [-0.39, 0.29) is 18.1 Å². The molecule has 0 saturated heterocycles. The first-order valence-electron chi connectivity index (χ1n) is 10.2. The number of hydrogen-bond acceptors (Lipinski definition) is 5. The van der Waals surface area contributed by atoms with Crippen LogP contribution in [-0.4, -0.2) is 25.5 Å². The minimum absolute atomic E-state index is 0.0651. The highest BCUT2D eigenvalue weighted by Gasteiger charge is 2.12. The van der Waals surface area contributed by atoms with Gasteiger partial charge in [0, 0.05) is 17.8 Å². The minimum Gasteiger partial charge on any atom is -0.497 e. The van der Waals surface area contributed by atoms with Crippen molar-refractivity contribution in [1.82, 2.24) is 5.32 Å². The Balaban J connectivity index is 1.63. The Labute approximate surface area is 192 Å². The topological polar surface area (TPSA) is 100 Å². The van der Waals surface area contributed by atoms with Crippen molar-refractivity contribution in [2.24, 2.45) is 0 Å². The molecule has 0 atom stereocenters. The molecule has 0 heterocycles. The molecular formula is C26H23N3O4. The number of hydrogen-bond donors (Lipinski definition) is 2. The summed E-state index contributed by atoms with van der Waals surface area (Å²) in [4.78, 5) is 24.7. The van der Waals surface area contributed by atoms with Gasteiger partial charge in [0.2, 0.25) is 0 Å². The summed E-state index contributed by atoms with van der Waals surface area (Å²) in [5.41, 5.74) is 1.99. The zero-order valence-electron chi connectivity index (χ0n) is 18.1. The molecule has 2 N–H and O–H groups in total. The highest BCUT2D eigenvalue weighted by Crippen LogP contribution is 2.21. The number of para-hydroxylation sites is 1. The van der Waals surface area contributed by atoms with E-state index in [2.05, 4.69) is 10.6 Å². The molecule has 0 aliphatic heterocycles. The maximum atomic E-state index is 12.5. The van der Waals surface area contributed by atoms with Gasteiger partial charge in [0.05, 0.1) is 7.11 Å². The van der Waals surface area contributed by atoms with E-state index in [9.17, 15) is 14.9 Å². The fourth-order valence-electron chi connectivity index (χ4n) is 2.92. The molecule has 3 aromatic carbocycles. The number of benzene rings is 3. The van der Waals surface area contributed by atoms with E-state index in [1.165, 1.54) is 6.08 Å². The summed E-state index contributed by atoms with van der Waals surface area (Å²) in [7, 11) is 1.57. The van der Waals surface area contributed by atoms with E-state index < -0.39 is 5.91 Å². The second kappa shape index (κ2) is 11.7. The third kappa shape index (κ3) is 6.97. The highest BCUT2D eigenvalue weighted by atomic mass is 16.5. The van der Waals surface area contributed by atoms with Crippen LogP contribution in [0.3, 0.4) is 0 Å². The second-order valence-corrected chi connectivity index (χ2v) is 6.94. The van der Waals surface area contributed by atoms with Gasteiger partial charge in [-0.25, -0.2) is 0 Å². The van der Waals surface area contributed by atoms with E-state index in [0.29, 0.717) is 29.3 Å². The second-order valence-electron chi connectivity index (χ2n) is 6.94. The SMILES string of the molecule is COc1ccc(NC(=O)COc2ccccc2/C=C(\C#N)C(=O)NCc2ccccc2)cc1. The molecule has 0 radical (unpaired) electrons. The van der Waals surface area contributed by atoms with Crippen LogP contribution >= 0.6 is 0 Å². The molecule has 7 heteroatoms. The van der Waals surface area contributed by atoms with Crippen LogP contribution < -0.4 is 20.1 Å². The van der Waals surface area contributed by atoms with Gasteiger partial charge >= 0.3 is 0 Å². The Morgan fingerprint density at radius 3 is 2.36 bits per heavy atom. The van der Waals surface area contributed by atoms with E-state index in [1.807, 2.05) is 36.4 Å². The van der Waals surface area contributed by atoms with E-state index >= 15 is 0 Å². The van der Waals surface area contributed by atoms with Gasteiger partial charge < -0.3 is 20.1 Å². The summed E-state index contributed by atoms with van der Waals surface area (Å²) in [6.07, 6.45) is 1.44. The first-order valence-corrected chi connectivity index (χ1v) is 10.2. The predicted molar refractivity (Wildman–Crippen MR) is 125 cm³/mol. The van der Waals surface area contributed by atoms with Crippen LogP contribution in [0.1, 0.15) is 11.1 Å². The standard InChI is InChI=1S/C26H23N3O4/c1-32-23-13-11-22(12-14-23)29-25(30)18-33-24-10-6-5-9-20(24)15-21(16-27)26(31)28-17-19-7-3-2-4-8-19/h2-15H,17-18H2,1H3,(H,28,31)(H,29,30)/b21-15+. The lowest BCUT2D eigenvalue weighted by Gasteiger charge is -2.11. The summed E-state index contributed by atoms with van der Waals surface area (Å²) in [6, 6.07) is 25.1. The van der Waals surface area contributed by atoms with Crippen LogP contribution in [0.5, 0.6) is 11.5 Å². The van der Waals surface area contributed by atoms with Crippen molar-refractivity contribution in [1.29, 1.82) is 5.26 Å². The zero-order valence-corrected chi connectivity index (χ0v) is 18.1. The zero-order chi connectivity index (χ0) is 23.5. The first kappa shape index (κ1) is 23.1. The number of anilines is 1. The number of amides is 2. The fraction of sp³-hybridized carbons (Fsp3) is 0.115. The number of ether oxygens (including phenoxy) is 2. The van der Waals surface area contributed by atoms with E-state index in [4.69, 9.17) is 9.47 Å². The minimum atomic E-state index is -0.492. The van der Waals surface area contributed by atoms with E-state index in [1.54, 1.807) is 55.6 Å². The summed E-state index contributed by atoms with van der Waals surface area (Å²) in [5.74, 6) is 0.227. The van der Waals surface area contributed by atoms with Crippen molar-refractivity contribution in [2.75, 3.05) is 19.0 Å². The molecule has 0 aliphatic carbocycles. The van der Waals surface area contributed by atoms with Gasteiger partial charge in [0.25, 0.3) is 11.8 Å². The van der Waals surface area contributed by atoms with Gasteiger partial charge in [0.15, 0.2) is 6.61 Å². The lowest BCUT2D eigenvalue weighted by atomic mass is 10.1. The summed E-state index contributed by atoms with van der Waals surface area (Å²) in [5, 5.41) is 14.9. The predicted octanol–water partition coefficient (Wildman–Crippen LogP) is 3.94. The van der Waals surface area contributed by atoms with Gasteiger partial charge in [-0.15, -0.1) is 0 Å². The van der Waals surface area contributed by atoms with Crippen molar-refractivity contribution in [3.05, 3.63) is 95.6 Å². The molecule has 0 unspecified atom stereocenters. The maximum Gasteiger partial charge on any atom is 0.262 e. The third-order valence-electron chi connectivity index (χ3n) is 4.61. The molecule has 0 saturated carbocycles. The smallest absolute Gasteiger partial charge is 0.262 e. The molecule has 7 nitrogen and oxygen atoms in total. The number of nitrogens with zero attached hydrogens (tertiary/aromatic N) is 1. The monoisotopic (exact) mass is 441 g/mol. The Kier molecular flexibility index (Phi) is 8.21. The average Bonchev–Trinajstić information content (AvgIpc) is 2.86. The molecule has 33 heavy (non-hydrogen) atoms. The molecule has 3 aromatic rings. The van der Waals surface area contributed by atoms with Crippen LogP contribution in [0.2, 0.25) is 0 Å². The molecule has 2 amide bonds. The molecule has 3 rings (SSSR count). The lowest BCUT2D eigenvalue weighted by Crippen LogP contribution is -2.24. The fourth-order valence-corrected chi connectivity index (χ4v) is 2.92. The van der Waals surface area contributed by atoms with Crippen molar-refractivity contribution < 1.29 is 19.1 Å². The summed E-state index contributed by atoms with van der Waals surface area (Å²) >= 11 is 0. The quantitative estimate of drug-likeness (QED) is 0.387. The molecule has 0 spiro atoms. The molecule has 0 fully saturated rings. The molecule has 0 bridgehead atoms. The molecule has 0 aromatic heterocycles. The van der Waals surface area contributed by atoms with Crippen molar-refractivity contribution in [2.45, 2.75) is 6.54 Å². The summed E-state index contributed by atoms with van der Waals surface area (Å²) in [6.45, 7) is 0.0708. The highest BCUT2D eigenvalue weighted by molar-refractivity contribution is 6.02. The number of rotatable bonds is 9. The lowest BCUT2D eigenvalue weighted by molar-refractivity contribution is -0.118. The normalized spacial score (nSPS) is 10.6.